The van der Waals surface area contributed by atoms with Crippen molar-refractivity contribution in [2.45, 2.75) is 39.2 Å². The number of amides is 1. The van der Waals surface area contributed by atoms with Gasteiger partial charge in [-0.1, -0.05) is 24.3 Å². The minimum Gasteiger partial charge on any atom is -0.352 e. The quantitative estimate of drug-likeness (QED) is 0.846. The van der Waals surface area contributed by atoms with E-state index in [0.29, 0.717) is 11.5 Å². The molecule has 0 spiro atoms. The van der Waals surface area contributed by atoms with Crippen molar-refractivity contribution in [3.05, 3.63) is 53.0 Å². The standard InChI is InChI=1S/C20H24N4O/c1-15-21-18(20(25)23-10-5-2-6-11-23)13-19(22-15)24-12-9-16-7-3-4-8-17(16)14-24/h3-4,7-8,13H,2,5-6,9-12,14H2,1H3. The Morgan fingerprint density at radius 2 is 1.76 bits per heavy atom. The van der Waals surface area contributed by atoms with E-state index >= 15 is 0 Å². The van der Waals surface area contributed by atoms with Gasteiger partial charge in [0.2, 0.25) is 0 Å². The highest BCUT2D eigenvalue weighted by atomic mass is 16.2. The largest absolute Gasteiger partial charge is 0.352 e. The zero-order valence-corrected chi connectivity index (χ0v) is 14.7. The molecule has 2 aliphatic heterocycles. The van der Waals surface area contributed by atoms with Crippen molar-refractivity contribution in [2.75, 3.05) is 24.5 Å². The van der Waals surface area contributed by atoms with E-state index in [2.05, 4.69) is 39.1 Å². The Bertz CT molecular complexity index is 783. The minimum atomic E-state index is 0.0452. The summed E-state index contributed by atoms with van der Waals surface area (Å²) < 4.78 is 0. The summed E-state index contributed by atoms with van der Waals surface area (Å²) in [5, 5.41) is 0. The number of fused-ring (bicyclic) bond motifs is 1. The first-order valence-corrected chi connectivity index (χ1v) is 9.17. The molecule has 0 unspecified atom stereocenters. The zero-order valence-electron chi connectivity index (χ0n) is 14.7. The average Bonchev–Trinajstić information content (AvgIpc) is 2.67. The number of benzene rings is 1. The molecule has 1 aromatic heterocycles. The Kier molecular flexibility index (Phi) is 4.38. The maximum Gasteiger partial charge on any atom is 0.272 e. The number of rotatable bonds is 2. The lowest BCUT2D eigenvalue weighted by molar-refractivity contribution is 0.0718. The predicted octanol–water partition coefficient (Wildman–Crippen LogP) is 2.97. The van der Waals surface area contributed by atoms with Crippen LogP contribution in [0.25, 0.3) is 0 Å². The molecule has 1 aromatic carbocycles. The second kappa shape index (κ2) is 6.82. The van der Waals surface area contributed by atoms with Crippen LogP contribution in [0.5, 0.6) is 0 Å². The van der Waals surface area contributed by atoms with Gasteiger partial charge in [-0.3, -0.25) is 4.79 Å². The van der Waals surface area contributed by atoms with Crippen LogP contribution in [0, 0.1) is 6.92 Å². The molecule has 25 heavy (non-hydrogen) atoms. The van der Waals surface area contributed by atoms with Crippen LogP contribution in [0.15, 0.2) is 30.3 Å². The molecular formula is C20H24N4O. The summed E-state index contributed by atoms with van der Waals surface area (Å²) in [7, 11) is 0. The molecule has 5 nitrogen and oxygen atoms in total. The lowest BCUT2D eigenvalue weighted by atomic mass is 10.00. The van der Waals surface area contributed by atoms with Gasteiger partial charge in [0.25, 0.3) is 5.91 Å². The first-order chi connectivity index (χ1) is 12.2. The molecule has 2 aliphatic rings. The third kappa shape index (κ3) is 3.36. The molecule has 0 N–H and O–H groups in total. The Morgan fingerprint density at radius 3 is 2.56 bits per heavy atom. The van der Waals surface area contributed by atoms with E-state index < -0.39 is 0 Å². The van der Waals surface area contributed by atoms with Crippen molar-refractivity contribution in [3.8, 4) is 0 Å². The predicted molar refractivity (Wildman–Crippen MR) is 97.7 cm³/mol. The van der Waals surface area contributed by atoms with Crippen molar-refractivity contribution < 1.29 is 4.79 Å². The number of carbonyl (C=O) groups excluding carboxylic acids is 1. The number of carbonyl (C=O) groups is 1. The van der Waals surface area contributed by atoms with Gasteiger partial charge in [-0.25, -0.2) is 9.97 Å². The van der Waals surface area contributed by atoms with Crippen LogP contribution >= 0.6 is 0 Å². The molecule has 1 fully saturated rings. The highest BCUT2D eigenvalue weighted by molar-refractivity contribution is 5.93. The molecule has 4 rings (SSSR count). The molecule has 0 saturated carbocycles. The van der Waals surface area contributed by atoms with E-state index in [4.69, 9.17) is 0 Å². The number of anilines is 1. The number of aryl methyl sites for hydroxylation is 1. The van der Waals surface area contributed by atoms with Crippen LogP contribution in [0.1, 0.15) is 46.7 Å². The highest BCUT2D eigenvalue weighted by Crippen LogP contribution is 2.24. The summed E-state index contributed by atoms with van der Waals surface area (Å²) in [5.74, 6) is 1.57. The van der Waals surface area contributed by atoms with Gasteiger partial charge < -0.3 is 9.80 Å². The third-order valence-electron chi connectivity index (χ3n) is 5.14. The summed E-state index contributed by atoms with van der Waals surface area (Å²) in [5.41, 5.74) is 3.28. The molecule has 130 valence electrons. The summed E-state index contributed by atoms with van der Waals surface area (Å²) in [4.78, 5) is 26.0. The van der Waals surface area contributed by atoms with Crippen molar-refractivity contribution in [3.63, 3.8) is 0 Å². The summed E-state index contributed by atoms with van der Waals surface area (Å²) in [6.07, 6.45) is 4.40. The maximum absolute atomic E-state index is 12.8. The second-order valence-electron chi connectivity index (χ2n) is 6.95. The molecule has 3 heterocycles. The van der Waals surface area contributed by atoms with E-state index in [1.807, 2.05) is 17.9 Å². The number of aromatic nitrogens is 2. The van der Waals surface area contributed by atoms with Gasteiger partial charge in [0, 0.05) is 32.2 Å². The fourth-order valence-electron chi connectivity index (χ4n) is 3.77. The first kappa shape index (κ1) is 16.1. The van der Waals surface area contributed by atoms with Gasteiger partial charge in [-0.2, -0.15) is 0 Å². The molecular weight excluding hydrogens is 312 g/mol. The van der Waals surface area contributed by atoms with Crippen LogP contribution in [0.2, 0.25) is 0 Å². The number of hydrogen-bond acceptors (Lipinski definition) is 4. The fourth-order valence-corrected chi connectivity index (χ4v) is 3.77. The molecule has 5 heteroatoms. The van der Waals surface area contributed by atoms with E-state index in [0.717, 1.165) is 51.3 Å². The Hall–Kier alpha value is -2.43. The van der Waals surface area contributed by atoms with E-state index in [9.17, 15) is 4.79 Å². The average molecular weight is 336 g/mol. The van der Waals surface area contributed by atoms with Crippen LogP contribution in [0.4, 0.5) is 5.82 Å². The van der Waals surface area contributed by atoms with Gasteiger partial charge in [-0.15, -0.1) is 0 Å². The second-order valence-corrected chi connectivity index (χ2v) is 6.95. The van der Waals surface area contributed by atoms with Crippen LogP contribution in [-0.2, 0) is 13.0 Å². The Balaban J connectivity index is 1.59. The molecule has 0 bridgehead atoms. The van der Waals surface area contributed by atoms with Gasteiger partial charge in [0.15, 0.2) is 0 Å². The topological polar surface area (TPSA) is 49.3 Å². The molecule has 2 aromatic rings. The molecule has 0 atom stereocenters. The molecule has 0 radical (unpaired) electrons. The number of likely N-dealkylation sites (tertiary alicyclic amines) is 1. The number of piperidine rings is 1. The summed E-state index contributed by atoms with van der Waals surface area (Å²) in [6.45, 7) is 5.31. The van der Waals surface area contributed by atoms with Gasteiger partial charge >= 0.3 is 0 Å². The minimum absolute atomic E-state index is 0.0452. The first-order valence-electron chi connectivity index (χ1n) is 9.17. The van der Waals surface area contributed by atoms with Crippen LogP contribution < -0.4 is 4.90 Å². The van der Waals surface area contributed by atoms with Gasteiger partial charge in [0.05, 0.1) is 0 Å². The lowest BCUT2D eigenvalue weighted by Gasteiger charge is -2.30. The van der Waals surface area contributed by atoms with Crippen LogP contribution in [-0.4, -0.2) is 40.4 Å². The Morgan fingerprint density at radius 1 is 1.00 bits per heavy atom. The van der Waals surface area contributed by atoms with Crippen LogP contribution in [0.3, 0.4) is 0 Å². The monoisotopic (exact) mass is 336 g/mol. The summed E-state index contributed by atoms with van der Waals surface area (Å²) >= 11 is 0. The van der Waals surface area contributed by atoms with E-state index in [1.165, 1.54) is 17.5 Å². The van der Waals surface area contributed by atoms with Crippen molar-refractivity contribution in [1.82, 2.24) is 14.9 Å². The summed E-state index contributed by atoms with van der Waals surface area (Å²) in [6, 6.07) is 10.4. The van der Waals surface area contributed by atoms with Crippen molar-refractivity contribution in [1.29, 1.82) is 0 Å². The van der Waals surface area contributed by atoms with Crippen molar-refractivity contribution >= 4 is 11.7 Å². The zero-order chi connectivity index (χ0) is 17.2. The molecule has 1 amide bonds. The maximum atomic E-state index is 12.8. The third-order valence-corrected chi connectivity index (χ3v) is 5.14. The lowest BCUT2D eigenvalue weighted by Crippen LogP contribution is -2.36. The van der Waals surface area contributed by atoms with Crippen molar-refractivity contribution in [2.24, 2.45) is 0 Å². The highest BCUT2D eigenvalue weighted by Gasteiger charge is 2.23. The van der Waals surface area contributed by atoms with Gasteiger partial charge in [-0.05, 0) is 43.7 Å². The van der Waals surface area contributed by atoms with E-state index in [-0.39, 0.29) is 5.91 Å². The molecule has 0 aliphatic carbocycles. The smallest absolute Gasteiger partial charge is 0.272 e. The SMILES string of the molecule is Cc1nc(C(=O)N2CCCCC2)cc(N2CCc3ccccc3C2)n1. The molecule has 1 saturated heterocycles. The van der Waals surface area contributed by atoms with Gasteiger partial charge in [0.1, 0.15) is 17.3 Å². The Labute approximate surface area is 148 Å². The normalized spacial score (nSPS) is 17.3. The van der Waals surface area contributed by atoms with E-state index in [1.54, 1.807) is 0 Å². The number of nitrogens with zero attached hydrogens (tertiary/aromatic N) is 4. The fraction of sp³-hybridized carbons (Fsp3) is 0.450. The number of hydrogen-bond donors (Lipinski definition) is 0.